The Bertz CT molecular complexity index is 1340. The number of carbonyl (C=O) groups is 1. The van der Waals surface area contributed by atoms with Gasteiger partial charge < -0.3 is 19.5 Å². The first-order valence-electron chi connectivity index (χ1n) is 12.3. The summed E-state index contributed by atoms with van der Waals surface area (Å²) in [5.41, 5.74) is 3.75. The van der Waals surface area contributed by atoms with Crippen LogP contribution in [0.2, 0.25) is 0 Å². The van der Waals surface area contributed by atoms with Crippen molar-refractivity contribution in [2.75, 3.05) is 12.0 Å². The number of hydrogen-bond acceptors (Lipinski definition) is 4. The molecule has 0 radical (unpaired) electrons. The van der Waals surface area contributed by atoms with Gasteiger partial charge >= 0.3 is 0 Å². The van der Waals surface area contributed by atoms with Crippen molar-refractivity contribution in [2.45, 2.75) is 18.8 Å². The molecule has 5 heteroatoms. The number of rotatable bonds is 9. The Kier molecular flexibility index (Phi) is 7.33. The molecule has 1 aliphatic rings. The van der Waals surface area contributed by atoms with Crippen molar-refractivity contribution in [3.05, 3.63) is 132 Å². The number of benzene rings is 4. The molecule has 1 fully saturated rings. The maximum Gasteiger partial charge on any atom is 0.236 e. The van der Waals surface area contributed by atoms with Crippen LogP contribution in [0.3, 0.4) is 0 Å². The van der Waals surface area contributed by atoms with Gasteiger partial charge in [0.1, 0.15) is 18.1 Å². The number of amides is 1. The smallest absolute Gasteiger partial charge is 0.236 e. The quantitative estimate of drug-likeness (QED) is 0.290. The molecule has 3 atom stereocenters. The zero-order chi connectivity index (χ0) is 25.6. The van der Waals surface area contributed by atoms with E-state index in [0.29, 0.717) is 6.61 Å². The molecule has 0 aliphatic carbocycles. The number of methoxy groups -OCH3 is 1. The van der Waals surface area contributed by atoms with Crippen LogP contribution in [0.15, 0.2) is 115 Å². The predicted octanol–water partition coefficient (Wildman–Crippen LogP) is 6.05. The highest BCUT2D eigenvalue weighted by molar-refractivity contribution is 6.04. The molecule has 4 aromatic rings. The maximum atomic E-state index is 13.4. The minimum Gasteiger partial charge on any atom is -0.497 e. The fourth-order valence-electron chi connectivity index (χ4n) is 4.63. The van der Waals surface area contributed by atoms with E-state index >= 15 is 0 Å². The number of β-lactam (4-membered cyclic amide) rings is 1. The molecule has 1 aliphatic heterocycles. The Labute approximate surface area is 217 Å². The molecule has 5 rings (SSSR count). The van der Waals surface area contributed by atoms with Gasteiger partial charge in [-0.25, -0.2) is 0 Å². The first-order chi connectivity index (χ1) is 18.1. The second-order valence-electron chi connectivity index (χ2n) is 8.98. The largest absolute Gasteiger partial charge is 0.497 e. The van der Waals surface area contributed by atoms with Gasteiger partial charge in [0.05, 0.1) is 25.2 Å². The van der Waals surface area contributed by atoms with Crippen molar-refractivity contribution in [1.82, 2.24) is 0 Å². The van der Waals surface area contributed by atoms with Gasteiger partial charge in [0.25, 0.3) is 0 Å². The highest BCUT2D eigenvalue weighted by atomic mass is 16.5. The Hall–Kier alpha value is -4.35. The first kappa shape index (κ1) is 24.3. The summed E-state index contributed by atoms with van der Waals surface area (Å²) in [5.74, 6) is 0.744. The van der Waals surface area contributed by atoms with E-state index in [2.05, 4.69) is 0 Å². The number of aliphatic hydroxyl groups excluding tert-OH is 1. The lowest BCUT2D eigenvalue weighted by Crippen LogP contribution is -2.59. The van der Waals surface area contributed by atoms with Gasteiger partial charge in [-0.2, -0.15) is 0 Å². The summed E-state index contributed by atoms with van der Waals surface area (Å²) in [6.45, 7) is 0.478. The van der Waals surface area contributed by atoms with Gasteiger partial charge in [0.15, 0.2) is 0 Å². The van der Waals surface area contributed by atoms with Crippen LogP contribution in [0.5, 0.6) is 11.5 Å². The molecule has 1 saturated heterocycles. The summed E-state index contributed by atoms with van der Waals surface area (Å²) in [5, 5.41) is 11.1. The number of anilines is 1. The SMILES string of the molecule is COc1ccc(N2C(=O)C(C(O)/C=C/c3ccccc3)C2c2ccc(OCc3ccccc3)cc2)cc1. The zero-order valence-corrected chi connectivity index (χ0v) is 20.6. The molecule has 186 valence electrons. The van der Waals surface area contributed by atoms with Crippen LogP contribution in [0.1, 0.15) is 22.7 Å². The lowest BCUT2D eigenvalue weighted by molar-refractivity contribution is -0.134. The highest BCUT2D eigenvalue weighted by Crippen LogP contribution is 2.46. The number of aliphatic hydroxyl groups is 1. The van der Waals surface area contributed by atoms with E-state index in [9.17, 15) is 9.90 Å². The van der Waals surface area contributed by atoms with Crippen LogP contribution in [0.25, 0.3) is 6.08 Å². The van der Waals surface area contributed by atoms with Crippen LogP contribution < -0.4 is 14.4 Å². The number of ether oxygens (including phenoxy) is 2. The van der Waals surface area contributed by atoms with Gasteiger partial charge in [-0.15, -0.1) is 0 Å². The van der Waals surface area contributed by atoms with E-state index in [1.54, 1.807) is 18.1 Å². The van der Waals surface area contributed by atoms with Gasteiger partial charge in [-0.05, 0) is 53.1 Å². The average Bonchev–Trinajstić information content (AvgIpc) is 2.95. The number of nitrogens with zero attached hydrogens (tertiary/aromatic N) is 1. The topological polar surface area (TPSA) is 59.0 Å². The minimum atomic E-state index is -0.929. The van der Waals surface area contributed by atoms with E-state index in [0.717, 1.165) is 33.9 Å². The van der Waals surface area contributed by atoms with Crippen molar-refractivity contribution in [3.8, 4) is 11.5 Å². The van der Waals surface area contributed by atoms with Crippen molar-refractivity contribution in [1.29, 1.82) is 0 Å². The lowest BCUT2D eigenvalue weighted by Gasteiger charge is -2.48. The molecule has 0 bridgehead atoms. The predicted molar refractivity (Wildman–Crippen MR) is 145 cm³/mol. The molecule has 3 unspecified atom stereocenters. The van der Waals surface area contributed by atoms with E-state index in [-0.39, 0.29) is 11.9 Å². The summed E-state index contributed by atoms with van der Waals surface area (Å²) >= 11 is 0. The molecule has 0 saturated carbocycles. The summed E-state index contributed by atoms with van der Waals surface area (Å²) < 4.78 is 11.2. The van der Waals surface area contributed by atoms with Crippen molar-refractivity contribution in [3.63, 3.8) is 0 Å². The molecule has 1 amide bonds. The zero-order valence-electron chi connectivity index (χ0n) is 20.6. The van der Waals surface area contributed by atoms with E-state index in [4.69, 9.17) is 9.47 Å². The Balaban J connectivity index is 1.38. The number of carbonyl (C=O) groups excluding carboxylic acids is 1. The number of hydrogen-bond donors (Lipinski definition) is 1. The van der Waals surface area contributed by atoms with E-state index in [1.807, 2.05) is 115 Å². The molecule has 0 spiro atoms. The second kappa shape index (κ2) is 11.1. The standard InChI is InChI=1S/C32H29NO4/c1-36-27-19-15-26(16-20-27)33-31(30(32(33)35)29(34)21-12-23-8-4-2-5-9-23)25-13-17-28(18-14-25)37-22-24-10-6-3-7-11-24/h2-21,29-31,34H,22H2,1H3/b21-12+. The molecule has 1 heterocycles. The Morgan fingerprint density at radius 3 is 2.11 bits per heavy atom. The molecule has 0 aromatic heterocycles. The monoisotopic (exact) mass is 491 g/mol. The maximum absolute atomic E-state index is 13.4. The van der Waals surface area contributed by atoms with Gasteiger partial charge in [-0.3, -0.25) is 4.79 Å². The van der Waals surface area contributed by atoms with Crippen molar-refractivity contribution < 1.29 is 19.4 Å². The Morgan fingerprint density at radius 2 is 1.46 bits per heavy atom. The molecule has 4 aromatic carbocycles. The fourth-order valence-corrected chi connectivity index (χ4v) is 4.63. The van der Waals surface area contributed by atoms with E-state index in [1.165, 1.54) is 0 Å². The summed E-state index contributed by atoms with van der Waals surface area (Å²) in [6.07, 6.45) is 2.63. The Morgan fingerprint density at radius 1 is 0.838 bits per heavy atom. The van der Waals surface area contributed by atoms with Crippen LogP contribution in [0, 0.1) is 5.92 Å². The highest BCUT2D eigenvalue weighted by Gasteiger charge is 2.51. The molecular formula is C32H29NO4. The molecule has 37 heavy (non-hydrogen) atoms. The van der Waals surface area contributed by atoms with Crippen molar-refractivity contribution in [2.24, 2.45) is 5.92 Å². The van der Waals surface area contributed by atoms with Gasteiger partial charge in [0.2, 0.25) is 5.91 Å². The summed E-state index contributed by atoms with van der Waals surface area (Å²) in [4.78, 5) is 15.1. The van der Waals surface area contributed by atoms with Crippen LogP contribution in [-0.2, 0) is 11.4 Å². The average molecular weight is 492 g/mol. The fraction of sp³-hybridized carbons (Fsp3) is 0.156. The third-order valence-electron chi connectivity index (χ3n) is 6.61. The van der Waals surface area contributed by atoms with Crippen LogP contribution in [-0.4, -0.2) is 24.2 Å². The summed E-state index contributed by atoms with van der Waals surface area (Å²) in [6, 6.07) is 34.6. The van der Waals surface area contributed by atoms with E-state index < -0.39 is 12.0 Å². The first-order valence-corrected chi connectivity index (χ1v) is 12.3. The third kappa shape index (κ3) is 5.42. The molecule has 5 nitrogen and oxygen atoms in total. The molecular weight excluding hydrogens is 462 g/mol. The summed E-state index contributed by atoms with van der Waals surface area (Å²) in [7, 11) is 1.61. The van der Waals surface area contributed by atoms with Gasteiger partial charge in [-0.1, -0.05) is 84.9 Å². The second-order valence-corrected chi connectivity index (χ2v) is 8.98. The normalized spacial score (nSPS) is 17.9. The molecule has 1 N–H and O–H groups in total. The van der Waals surface area contributed by atoms with Crippen molar-refractivity contribution >= 4 is 17.7 Å². The minimum absolute atomic E-state index is 0.121. The van der Waals surface area contributed by atoms with Crippen LogP contribution >= 0.6 is 0 Å². The van der Waals surface area contributed by atoms with Gasteiger partial charge in [0, 0.05) is 5.69 Å². The lowest BCUT2D eigenvalue weighted by atomic mass is 9.78. The third-order valence-corrected chi connectivity index (χ3v) is 6.61. The van der Waals surface area contributed by atoms with Crippen LogP contribution in [0.4, 0.5) is 5.69 Å².